The van der Waals surface area contributed by atoms with Crippen LogP contribution >= 0.6 is 7.60 Å². The lowest BCUT2D eigenvalue weighted by Crippen LogP contribution is -2.05. The molecule has 0 unspecified atom stereocenters. The fourth-order valence-electron chi connectivity index (χ4n) is 0.369. The first-order valence-electron chi connectivity index (χ1n) is 2.46. The maximum absolute atomic E-state index is 10.9. The van der Waals surface area contributed by atoms with Crippen LogP contribution in [0.15, 0.2) is 0 Å². The van der Waals surface area contributed by atoms with Crippen LogP contribution in [0, 0.1) is 0 Å². The fraction of sp³-hybridized carbons (Fsp3) is 0.750. The molecule has 0 saturated carbocycles. The highest BCUT2D eigenvalue weighted by Crippen LogP contribution is 2.45. The molecule has 0 aliphatic carbocycles. The first kappa shape index (κ1) is 9.62. The normalized spacial score (nSPS) is 11.4. The van der Waals surface area contributed by atoms with Crippen molar-refractivity contribution in [1.82, 2.24) is 0 Å². The van der Waals surface area contributed by atoms with Crippen LogP contribution in [-0.4, -0.2) is 31.5 Å². The molecule has 0 spiro atoms. The molecule has 0 heterocycles. The highest BCUT2D eigenvalue weighted by molar-refractivity contribution is 7.54. The van der Waals surface area contributed by atoms with E-state index in [1.165, 1.54) is 0 Å². The Morgan fingerprint density at radius 2 is 1.90 bits per heavy atom. The Kier molecular flexibility index (Phi) is 3.57. The topological polar surface area (TPSA) is 72.8 Å². The summed E-state index contributed by atoms with van der Waals surface area (Å²) in [5.74, 6) is -1.20. The van der Waals surface area contributed by atoms with Gasteiger partial charge in [-0.1, -0.05) is 0 Å². The Labute approximate surface area is 58.5 Å². The van der Waals surface area contributed by atoms with Crippen molar-refractivity contribution in [1.29, 1.82) is 0 Å². The highest BCUT2D eigenvalue weighted by atomic mass is 31.2. The summed E-state index contributed by atoms with van der Waals surface area (Å²) >= 11 is 0. The molecule has 0 aliphatic rings. The quantitative estimate of drug-likeness (QED) is 0.620. The molecule has 0 aromatic rings. The molecule has 0 bridgehead atoms. The maximum atomic E-state index is 10.9. The van der Waals surface area contributed by atoms with Gasteiger partial charge in [-0.3, -0.25) is 9.36 Å². The van der Waals surface area contributed by atoms with Crippen LogP contribution in [-0.2, 0) is 18.4 Å². The van der Waals surface area contributed by atoms with Gasteiger partial charge >= 0.3 is 13.6 Å². The molecule has 0 rings (SSSR count). The molecule has 5 nitrogen and oxygen atoms in total. The van der Waals surface area contributed by atoms with Gasteiger partial charge in [-0.25, -0.2) is 0 Å². The van der Waals surface area contributed by atoms with Gasteiger partial charge in [0.15, 0.2) is 0 Å². The number of carbonyl (C=O) groups is 1. The van der Waals surface area contributed by atoms with Crippen molar-refractivity contribution < 1.29 is 23.5 Å². The summed E-state index contributed by atoms with van der Waals surface area (Å²) in [6, 6.07) is 0. The van der Waals surface area contributed by atoms with E-state index in [1.807, 2.05) is 0 Å². The molecule has 0 radical (unpaired) electrons. The molecule has 0 aromatic carbocycles. The maximum Gasteiger partial charge on any atom is 0.341 e. The standard InChI is InChI=1S/C4H9O5P/c1-8-10(7,9-2)3-4(5)6/h3H2,1-2H3,(H,5,6). The van der Waals surface area contributed by atoms with Gasteiger partial charge < -0.3 is 14.2 Å². The molecular formula is C4H9O5P. The first-order valence-corrected chi connectivity index (χ1v) is 4.19. The van der Waals surface area contributed by atoms with Gasteiger partial charge in [-0.2, -0.15) is 0 Å². The van der Waals surface area contributed by atoms with Crippen LogP contribution in [0.1, 0.15) is 0 Å². The second kappa shape index (κ2) is 3.71. The molecule has 6 heteroatoms. The van der Waals surface area contributed by atoms with E-state index in [0.29, 0.717) is 0 Å². The summed E-state index contributed by atoms with van der Waals surface area (Å²) < 4.78 is 19.6. The van der Waals surface area contributed by atoms with Crippen LogP contribution in [0.25, 0.3) is 0 Å². The van der Waals surface area contributed by atoms with Gasteiger partial charge in [0.05, 0.1) is 0 Å². The highest BCUT2D eigenvalue weighted by Gasteiger charge is 2.24. The number of hydrogen-bond acceptors (Lipinski definition) is 4. The minimum absolute atomic E-state index is 0.597. The first-order chi connectivity index (χ1) is 4.54. The predicted octanol–water partition coefficient (Wildman–Crippen LogP) is 0.557. The van der Waals surface area contributed by atoms with Gasteiger partial charge in [0.25, 0.3) is 0 Å². The number of carboxylic acids is 1. The molecule has 1 N–H and O–H groups in total. The summed E-state index contributed by atoms with van der Waals surface area (Å²) in [6.45, 7) is 0. The molecular weight excluding hydrogens is 159 g/mol. The number of aliphatic carboxylic acids is 1. The smallest absolute Gasteiger partial charge is 0.341 e. The van der Waals surface area contributed by atoms with E-state index in [2.05, 4.69) is 9.05 Å². The Bertz CT molecular complexity index is 157. The summed E-state index contributed by atoms with van der Waals surface area (Å²) in [4.78, 5) is 10.0. The molecule has 0 saturated heterocycles. The van der Waals surface area contributed by atoms with Crippen molar-refractivity contribution in [2.24, 2.45) is 0 Å². The van der Waals surface area contributed by atoms with E-state index in [9.17, 15) is 9.36 Å². The Balaban J connectivity index is 4.07. The van der Waals surface area contributed by atoms with Gasteiger partial charge in [0, 0.05) is 14.2 Å². The molecule has 60 valence electrons. The number of rotatable bonds is 4. The van der Waals surface area contributed by atoms with Crippen LogP contribution in [0.5, 0.6) is 0 Å². The van der Waals surface area contributed by atoms with Crippen molar-refractivity contribution in [3.05, 3.63) is 0 Å². The predicted molar refractivity (Wildman–Crippen MR) is 34.1 cm³/mol. The zero-order valence-corrected chi connectivity index (χ0v) is 6.63. The fourth-order valence-corrected chi connectivity index (χ4v) is 1.11. The van der Waals surface area contributed by atoms with Crippen LogP contribution < -0.4 is 0 Å². The molecule has 0 aliphatic heterocycles. The SMILES string of the molecule is COP(=O)(CC(=O)O)OC. The molecule has 10 heavy (non-hydrogen) atoms. The summed E-state index contributed by atoms with van der Waals surface area (Å²) in [6.07, 6.45) is -0.597. The largest absolute Gasteiger partial charge is 0.481 e. The Hall–Kier alpha value is -0.380. The van der Waals surface area contributed by atoms with E-state index in [0.717, 1.165) is 14.2 Å². The summed E-state index contributed by atoms with van der Waals surface area (Å²) in [5.41, 5.74) is 0. The zero-order valence-electron chi connectivity index (χ0n) is 5.73. The lowest BCUT2D eigenvalue weighted by atomic mass is 10.8. The second-order valence-corrected chi connectivity index (χ2v) is 3.80. The second-order valence-electron chi connectivity index (χ2n) is 1.53. The van der Waals surface area contributed by atoms with E-state index >= 15 is 0 Å². The third-order valence-corrected chi connectivity index (χ3v) is 2.66. The molecule has 0 aromatic heterocycles. The summed E-state index contributed by atoms with van der Waals surface area (Å²) in [7, 11) is -1.04. The Morgan fingerprint density at radius 3 is 2.00 bits per heavy atom. The van der Waals surface area contributed by atoms with E-state index in [-0.39, 0.29) is 0 Å². The van der Waals surface area contributed by atoms with Crippen LogP contribution in [0.3, 0.4) is 0 Å². The minimum Gasteiger partial charge on any atom is -0.481 e. The van der Waals surface area contributed by atoms with Crippen molar-refractivity contribution in [2.45, 2.75) is 0 Å². The number of hydrogen-bond donors (Lipinski definition) is 1. The van der Waals surface area contributed by atoms with Crippen molar-refractivity contribution in [3.63, 3.8) is 0 Å². The average Bonchev–Trinajstić information content (AvgIpc) is 1.87. The van der Waals surface area contributed by atoms with E-state index < -0.39 is 19.7 Å². The van der Waals surface area contributed by atoms with Crippen molar-refractivity contribution in [3.8, 4) is 0 Å². The lowest BCUT2D eigenvalue weighted by Gasteiger charge is -2.09. The van der Waals surface area contributed by atoms with Crippen LogP contribution in [0.2, 0.25) is 0 Å². The van der Waals surface area contributed by atoms with Gasteiger partial charge in [0.1, 0.15) is 6.16 Å². The van der Waals surface area contributed by atoms with Crippen LogP contribution in [0.4, 0.5) is 0 Å². The zero-order chi connectivity index (χ0) is 8.20. The van der Waals surface area contributed by atoms with Gasteiger partial charge in [0.2, 0.25) is 0 Å². The lowest BCUT2D eigenvalue weighted by molar-refractivity contribution is -0.134. The molecule has 0 amide bonds. The minimum atomic E-state index is -3.34. The van der Waals surface area contributed by atoms with Crippen molar-refractivity contribution >= 4 is 13.6 Å². The average molecular weight is 168 g/mol. The van der Waals surface area contributed by atoms with E-state index in [4.69, 9.17) is 5.11 Å². The van der Waals surface area contributed by atoms with Crippen molar-refractivity contribution in [2.75, 3.05) is 20.4 Å². The monoisotopic (exact) mass is 168 g/mol. The van der Waals surface area contributed by atoms with Gasteiger partial charge in [-0.15, -0.1) is 0 Å². The Morgan fingerprint density at radius 1 is 1.50 bits per heavy atom. The van der Waals surface area contributed by atoms with Gasteiger partial charge in [-0.05, 0) is 0 Å². The number of carboxylic acid groups (broad SMARTS) is 1. The summed E-state index contributed by atoms with van der Waals surface area (Å²) in [5, 5.41) is 8.18. The third-order valence-electron chi connectivity index (χ3n) is 0.885. The molecule has 0 fully saturated rings. The third kappa shape index (κ3) is 2.96. The molecule has 0 atom stereocenters. The van der Waals surface area contributed by atoms with E-state index in [1.54, 1.807) is 0 Å².